The second-order valence-electron chi connectivity index (χ2n) is 5.23. The number of nitrogens with one attached hydrogen (secondary N) is 1. The SMILES string of the molecule is CC(O)CCN(C)C(=O)NCc1coc(-c2ccccc2)n1. The fourth-order valence-electron chi connectivity index (χ4n) is 1.88. The van der Waals surface area contributed by atoms with Gasteiger partial charge in [0.1, 0.15) is 6.26 Å². The van der Waals surface area contributed by atoms with Crippen molar-refractivity contribution in [1.29, 1.82) is 0 Å². The molecule has 0 radical (unpaired) electrons. The minimum absolute atomic E-state index is 0.204. The highest BCUT2D eigenvalue weighted by Gasteiger charge is 2.11. The molecule has 2 aromatic rings. The van der Waals surface area contributed by atoms with Gasteiger partial charge in [0.2, 0.25) is 5.89 Å². The number of oxazole rings is 1. The highest BCUT2D eigenvalue weighted by Crippen LogP contribution is 2.17. The maximum atomic E-state index is 11.9. The van der Waals surface area contributed by atoms with Gasteiger partial charge in [-0.3, -0.25) is 0 Å². The molecule has 0 saturated heterocycles. The van der Waals surface area contributed by atoms with E-state index >= 15 is 0 Å². The van der Waals surface area contributed by atoms with E-state index in [2.05, 4.69) is 10.3 Å². The molecule has 118 valence electrons. The Hall–Kier alpha value is -2.34. The van der Waals surface area contributed by atoms with E-state index < -0.39 is 6.10 Å². The molecule has 0 aliphatic rings. The van der Waals surface area contributed by atoms with Crippen molar-refractivity contribution < 1.29 is 14.3 Å². The number of amides is 2. The summed E-state index contributed by atoms with van der Waals surface area (Å²) in [6.45, 7) is 2.50. The molecule has 0 saturated carbocycles. The third-order valence-electron chi connectivity index (χ3n) is 3.22. The highest BCUT2D eigenvalue weighted by atomic mass is 16.3. The van der Waals surface area contributed by atoms with Crippen LogP contribution in [0.4, 0.5) is 4.79 Å². The molecule has 1 atom stereocenters. The molecule has 1 aromatic heterocycles. The van der Waals surface area contributed by atoms with Crippen LogP contribution in [0, 0.1) is 0 Å². The first-order valence-electron chi connectivity index (χ1n) is 7.23. The first-order chi connectivity index (χ1) is 10.6. The second-order valence-corrected chi connectivity index (χ2v) is 5.23. The molecule has 2 N–H and O–H groups in total. The Morgan fingerprint density at radius 1 is 1.41 bits per heavy atom. The molecule has 2 amide bonds. The van der Waals surface area contributed by atoms with Crippen molar-refractivity contribution >= 4 is 6.03 Å². The normalized spacial score (nSPS) is 12.0. The van der Waals surface area contributed by atoms with Crippen LogP contribution in [0.15, 0.2) is 41.0 Å². The van der Waals surface area contributed by atoms with Crippen molar-refractivity contribution in [3.8, 4) is 11.5 Å². The smallest absolute Gasteiger partial charge is 0.317 e. The third kappa shape index (κ3) is 4.60. The number of nitrogens with zero attached hydrogens (tertiary/aromatic N) is 2. The molecule has 0 spiro atoms. The molecule has 6 heteroatoms. The van der Waals surface area contributed by atoms with Crippen molar-refractivity contribution in [2.45, 2.75) is 26.0 Å². The van der Waals surface area contributed by atoms with Gasteiger partial charge in [-0.2, -0.15) is 0 Å². The van der Waals surface area contributed by atoms with Gasteiger partial charge in [-0.05, 0) is 25.5 Å². The minimum atomic E-state index is -0.417. The van der Waals surface area contributed by atoms with Crippen LogP contribution in [0.5, 0.6) is 0 Å². The van der Waals surface area contributed by atoms with Crippen molar-refractivity contribution in [2.24, 2.45) is 0 Å². The van der Waals surface area contributed by atoms with E-state index in [1.54, 1.807) is 20.2 Å². The molecule has 0 bridgehead atoms. The molecule has 0 aliphatic heterocycles. The number of aliphatic hydroxyl groups excluding tert-OH is 1. The molecule has 1 aromatic carbocycles. The number of hydrogen-bond acceptors (Lipinski definition) is 4. The first-order valence-corrected chi connectivity index (χ1v) is 7.23. The number of urea groups is 1. The maximum absolute atomic E-state index is 11.9. The lowest BCUT2D eigenvalue weighted by Crippen LogP contribution is -2.38. The predicted molar refractivity (Wildman–Crippen MR) is 83.1 cm³/mol. The number of carbonyl (C=O) groups is 1. The molecule has 0 fully saturated rings. The predicted octanol–water partition coefficient (Wildman–Crippen LogP) is 2.25. The van der Waals surface area contributed by atoms with Gasteiger partial charge in [0.05, 0.1) is 18.3 Å². The Labute approximate surface area is 129 Å². The molecule has 1 heterocycles. The summed E-state index contributed by atoms with van der Waals surface area (Å²) in [5.74, 6) is 0.535. The number of carbonyl (C=O) groups excluding carboxylic acids is 1. The maximum Gasteiger partial charge on any atom is 0.317 e. The average molecular weight is 303 g/mol. The molecule has 2 rings (SSSR count). The summed E-state index contributed by atoms with van der Waals surface area (Å²) in [6, 6.07) is 9.38. The van der Waals surface area contributed by atoms with Gasteiger partial charge in [-0.15, -0.1) is 0 Å². The van der Waals surface area contributed by atoms with Crippen LogP contribution in [0.3, 0.4) is 0 Å². The summed E-state index contributed by atoms with van der Waals surface area (Å²) in [5.41, 5.74) is 1.56. The van der Waals surface area contributed by atoms with Crippen LogP contribution in [-0.4, -0.2) is 40.7 Å². The summed E-state index contributed by atoms with van der Waals surface area (Å²) in [6.07, 6.45) is 1.67. The van der Waals surface area contributed by atoms with E-state index in [-0.39, 0.29) is 6.03 Å². The summed E-state index contributed by atoms with van der Waals surface area (Å²) in [4.78, 5) is 17.8. The Morgan fingerprint density at radius 3 is 2.82 bits per heavy atom. The highest BCUT2D eigenvalue weighted by molar-refractivity contribution is 5.73. The second kappa shape index (κ2) is 7.61. The van der Waals surface area contributed by atoms with Gasteiger partial charge in [0.15, 0.2) is 0 Å². The van der Waals surface area contributed by atoms with Crippen LogP contribution in [0.1, 0.15) is 19.0 Å². The molecule has 6 nitrogen and oxygen atoms in total. The van der Waals surface area contributed by atoms with Crippen LogP contribution in [-0.2, 0) is 6.54 Å². The standard InChI is InChI=1S/C16H21N3O3/c1-12(20)8-9-19(2)16(21)17-10-14-11-22-15(18-14)13-6-4-3-5-7-13/h3-7,11-12,20H,8-10H2,1-2H3,(H,17,21). The Morgan fingerprint density at radius 2 is 2.14 bits per heavy atom. The fraction of sp³-hybridized carbons (Fsp3) is 0.375. The van der Waals surface area contributed by atoms with E-state index in [1.165, 1.54) is 4.90 Å². The number of hydrogen-bond donors (Lipinski definition) is 2. The van der Waals surface area contributed by atoms with Crippen molar-refractivity contribution in [2.75, 3.05) is 13.6 Å². The van der Waals surface area contributed by atoms with Gasteiger partial charge in [-0.1, -0.05) is 18.2 Å². The zero-order chi connectivity index (χ0) is 15.9. The Bertz CT molecular complexity index is 596. The summed E-state index contributed by atoms with van der Waals surface area (Å²) in [5, 5.41) is 12.0. The van der Waals surface area contributed by atoms with Gasteiger partial charge < -0.3 is 19.7 Å². The fourth-order valence-corrected chi connectivity index (χ4v) is 1.88. The van der Waals surface area contributed by atoms with Crippen molar-refractivity contribution in [3.05, 3.63) is 42.3 Å². The van der Waals surface area contributed by atoms with Gasteiger partial charge in [-0.25, -0.2) is 9.78 Å². The zero-order valence-corrected chi connectivity index (χ0v) is 12.8. The van der Waals surface area contributed by atoms with Gasteiger partial charge in [0.25, 0.3) is 0 Å². The average Bonchev–Trinajstić information content (AvgIpc) is 3.00. The molecule has 22 heavy (non-hydrogen) atoms. The molecule has 1 unspecified atom stereocenters. The van der Waals surface area contributed by atoms with Gasteiger partial charge in [0, 0.05) is 19.2 Å². The van der Waals surface area contributed by atoms with E-state index in [4.69, 9.17) is 4.42 Å². The van der Waals surface area contributed by atoms with Crippen molar-refractivity contribution in [3.63, 3.8) is 0 Å². The van der Waals surface area contributed by atoms with Crippen molar-refractivity contribution in [1.82, 2.24) is 15.2 Å². The summed E-state index contributed by atoms with van der Waals surface area (Å²) in [7, 11) is 1.69. The third-order valence-corrected chi connectivity index (χ3v) is 3.22. The van der Waals surface area contributed by atoms with Crippen LogP contribution < -0.4 is 5.32 Å². The lowest BCUT2D eigenvalue weighted by Gasteiger charge is -2.18. The largest absolute Gasteiger partial charge is 0.444 e. The van der Waals surface area contributed by atoms with E-state index in [0.717, 1.165) is 5.56 Å². The van der Waals surface area contributed by atoms with E-state index in [0.29, 0.717) is 31.1 Å². The number of rotatable bonds is 6. The zero-order valence-electron chi connectivity index (χ0n) is 12.8. The van der Waals surface area contributed by atoms with E-state index in [1.807, 2.05) is 30.3 Å². The summed E-state index contributed by atoms with van der Waals surface area (Å²) >= 11 is 0. The Kier molecular flexibility index (Phi) is 5.55. The number of aliphatic hydroxyl groups is 1. The van der Waals surface area contributed by atoms with Gasteiger partial charge >= 0.3 is 6.03 Å². The molecular formula is C16H21N3O3. The quantitative estimate of drug-likeness (QED) is 0.858. The topological polar surface area (TPSA) is 78.6 Å². The lowest BCUT2D eigenvalue weighted by atomic mass is 10.2. The molecule has 0 aliphatic carbocycles. The number of aromatic nitrogens is 1. The number of benzene rings is 1. The summed E-state index contributed by atoms with van der Waals surface area (Å²) < 4.78 is 5.41. The minimum Gasteiger partial charge on any atom is -0.444 e. The first kappa shape index (κ1) is 16.0. The van der Waals surface area contributed by atoms with Crippen LogP contribution >= 0.6 is 0 Å². The van der Waals surface area contributed by atoms with Crippen LogP contribution in [0.25, 0.3) is 11.5 Å². The van der Waals surface area contributed by atoms with Crippen LogP contribution in [0.2, 0.25) is 0 Å². The van der Waals surface area contributed by atoms with E-state index in [9.17, 15) is 9.90 Å². The lowest BCUT2D eigenvalue weighted by molar-refractivity contribution is 0.163. The molecular weight excluding hydrogens is 282 g/mol. The monoisotopic (exact) mass is 303 g/mol. The Balaban J connectivity index is 1.85.